The van der Waals surface area contributed by atoms with Gasteiger partial charge in [-0.1, -0.05) is 19.9 Å². The Labute approximate surface area is 210 Å². The summed E-state index contributed by atoms with van der Waals surface area (Å²) in [5.41, 5.74) is 1.03. The van der Waals surface area contributed by atoms with Crippen molar-refractivity contribution in [3.8, 4) is 11.5 Å². The van der Waals surface area contributed by atoms with E-state index in [0.717, 1.165) is 57.3 Å². The highest BCUT2D eigenvalue weighted by Gasteiger charge is 2.22. The molecule has 1 atom stereocenters. The van der Waals surface area contributed by atoms with Gasteiger partial charge in [0.05, 0.1) is 33.5 Å². The molecule has 1 fully saturated rings. The van der Waals surface area contributed by atoms with Crippen molar-refractivity contribution in [1.29, 1.82) is 0 Å². The van der Waals surface area contributed by atoms with Gasteiger partial charge >= 0.3 is 0 Å². The first-order valence-corrected chi connectivity index (χ1v) is 11.3. The Morgan fingerprint density at radius 3 is 2.59 bits per heavy atom. The van der Waals surface area contributed by atoms with Crippen LogP contribution in [0.5, 0.6) is 11.5 Å². The highest BCUT2D eigenvalue weighted by Crippen LogP contribution is 2.28. The lowest BCUT2D eigenvalue weighted by Crippen LogP contribution is -2.51. The number of nitrogens with zero attached hydrogens (tertiary/aromatic N) is 2. The van der Waals surface area contributed by atoms with E-state index in [2.05, 4.69) is 36.3 Å². The van der Waals surface area contributed by atoms with Crippen LogP contribution in [0.15, 0.2) is 23.2 Å². The van der Waals surface area contributed by atoms with Crippen LogP contribution in [0.4, 0.5) is 0 Å². The lowest BCUT2D eigenvalue weighted by molar-refractivity contribution is 0.0132. The molecule has 0 bridgehead atoms. The molecule has 1 unspecified atom stereocenters. The number of aliphatic imine (C=N–C) groups is 1. The standard InChI is InChI=1S/C23H40N4O4.HI/c1-5-24-23(26-17-20(14-18(2)3)27-8-11-30-12-9-27)25-16-19-6-7-21(31-13-10-28)22(15-19)29-4;/h6-7,15,18,20,28H,5,8-14,16-17H2,1-4H3,(H2,24,25,26);1H. The fourth-order valence-corrected chi connectivity index (χ4v) is 3.66. The van der Waals surface area contributed by atoms with E-state index in [4.69, 9.17) is 24.3 Å². The molecule has 1 aromatic rings. The summed E-state index contributed by atoms with van der Waals surface area (Å²) in [5, 5.41) is 15.8. The largest absolute Gasteiger partial charge is 0.493 e. The van der Waals surface area contributed by atoms with Gasteiger partial charge in [0.25, 0.3) is 0 Å². The summed E-state index contributed by atoms with van der Waals surface area (Å²) >= 11 is 0. The van der Waals surface area contributed by atoms with Crippen LogP contribution in [0.25, 0.3) is 0 Å². The summed E-state index contributed by atoms with van der Waals surface area (Å²) in [6.07, 6.45) is 1.14. The van der Waals surface area contributed by atoms with E-state index < -0.39 is 0 Å². The molecule has 0 spiro atoms. The highest BCUT2D eigenvalue weighted by molar-refractivity contribution is 14.0. The van der Waals surface area contributed by atoms with Crippen molar-refractivity contribution < 1.29 is 19.3 Å². The van der Waals surface area contributed by atoms with Gasteiger partial charge < -0.3 is 30.0 Å². The second-order valence-electron chi connectivity index (χ2n) is 8.07. The third-order valence-electron chi connectivity index (χ3n) is 5.15. The summed E-state index contributed by atoms with van der Waals surface area (Å²) in [5.74, 6) is 2.71. The van der Waals surface area contributed by atoms with Crippen molar-refractivity contribution in [1.82, 2.24) is 15.5 Å². The minimum atomic E-state index is -0.0326. The number of ether oxygens (including phenoxy) is 3. The number of aliphatic hydroxyl groups is 1. The molecule has 0 aliphatic carbocycles. The Morgan fingerprint density at radius 2 is 1.97 bits per heavy atom. The smallest absolute Gasteiger partial charge is 0.191 e. The predicted octanol–water partition coefficient (Wildman–Crippen LogP) is 2.49. The Morgan fingerprint density at radius 1 is 1.22 bits per heavy atom. The number of methoxy groups -OCH3 is 1. The number of hydrogen-bond donors (Lipinski definition) is 3. The van der Waals surface area contributed by atoms with Crippen LogP contribution >= 0.6 is 24.0 Å². The number of morpholine rings is 1. The van der Waals surface area contributed by atoms with Gasteiger partial charge in [0, 0.05) is 32.2 Å². The summed E-state index contributed by atoms with van der Waals surface area (Å²) in [7, 11) is 1.61. The van der Waals surface area contributed by atoms with Crippen molar-refractivity contribution >= 4 is 29.9 Å². The van der Waals surface area contributed by atoms with E-state index in [1.807, 2.05) is 18.2 Å². The van der Waals surface area contributed by atoms with Gasteiger partial charge in [0.1, 0.15) is 6.61 Å². The van der Waals surface area contributed by atoms with Gasteiger partial charge in [-0.25, -0.2) is 4.99 Å². The molecule has 32 heavy (non-hydrogen) atoms. The maximum absolute atomic E-state index is 8.96. The van der Waals surface area contributed by atoms with Gasteiger partial charge in [-0.2, -0.15) is 0 Å². The number of rotatable bonds is 12. The van der Waals surface area contributed by atoms with Crippen LogP contribution < -0.4 is 20.1 Å². The molecular weight excluding hydrogens is 523 g/mol. The van der Waals surface area contributed by atoms with Crippen molar-refractivity contribution in [3.05, 3.63) is 23.8 Å². The Hall–Kier alpha value is -1.30. The van der Waals surface area contributed by atoms with Crippen LogP contribution in [0.1, 0.15) is 32.8 Å². The van der Waals surface area contributed by atoms with Crippen molar-refractivity contribution in [2.24, 2.45) is 10.9 Å². The normalized spacial score (nSPS) is 15.8. The third-order valence-corrected chi connectivity index (χ3v) is 5.15. The highest BCUT2D eigenvalue weighted by atomic mass is 127. The lowest BCUT2D eigenvalue weighted by atomic mass is 10.0. The second-order valence-corrected chi connectivity index (χ2v) is 8.07. The first kappa shape index (κ1) is 28.7. The molecule has 9 heteroatoms. The molecule has 0 radical (unpaired) electrons. The Balaban J connectivity index is 0.00000512. The Kier molecular flexibility index (Phi) is 14.7. The molecule has 1 aromatic carbocycles. The first-order valence-electron chi connectivity index (χ1n) is 11.3. The van der Waals surface area contributed by atoms with Crippen LogP contribution in [0.3, 0.4) is 0 Å². The predicted molar refractivity (Wildman–Crippen MR) is 139 cm³/mol. The van der Waals surface area contributed by atoms with Crippen LogP contribution in [0, 0.1) is 5.92 Å². The number of nitrogens with one attached hydrogen (secondary N) is 2. The van der Waals surface area contributed by atoms with Gasteiger partial charge in [-0.15, -0.1) is 24.0 Å². The van der Waals surface area contributed by atoms with Gasteiger partial charge in [-0.05, 0) is 37.0 Å². The fourth-order valence-electron chi connectivity index (χ4n) is 3.66. The fraction of sp³-hybridized carbons (Fsp3) is 0.696. The average molecular weight is 565 g/mol. The van der Waals surface area contributed by atoms with E-state index in [0.29, 0.717) is 30.0 Å². The zero-order valence-electron chi connectivity index (χ0n) is 19.9. The molecule has 8 nitrogen and oxygen atoms in total. The lowest BCUT2D eigenvalue weighted by Gasteiger charge is -2.35. The average Bonchev–Trinajstić information content (AvgIpc) is 2.79. The molecule has 3 N–H and O–H groups in total. The van der Waals surface area contributed by atoms with Gasteiger partial charge in [0.15, 0.2) is 17.5 Å². The second kappa shape index (κ2) is 16.3. The van der Waals surface area contributed by atoms with E-state index >= 15 is 0 Å². The summed E-state index contributed by atoms with van der Waals surface area (Å²) in [4.78, 5) is 7.29. The number of halogens is 1. The maximum Gasteiger partial charge on any atom is 0.191 e. The molecule has 184 valence electrons. The number of hydrogen-bond acceptors (Lipinski definition) is 6. The van der Waals surface area contributed by atoms with Crippen molar-refractivity contribution in [2.45, 2.75) is 39.8 Å². The molecular formula is C23H41IN4O4. The minimum Gasteiger partial charge on any atom is -0.493 e. The van der Waals surface area contributed by atoms with Crippen molar-refractivity contribution in [3.63, 3.8) is 0 Å². The van der Waals surface area contributed by atoms with E-state index in [1.54, 1.807) is 7.11 Å². The zero-order valence-corrected chi connectivity index (χ0v) is 22.3. The summed E-state index contributed by atoms with van der Waals surface area (Å²) in [6.45, 7) is 12.6. The summed E-state index contributed by atoms with van der Waals surface area (Å²) < 4.78 is 16.4. The third kappa shape index (κ3) is 10.1. The van der Waals surface area contributed by atoms with E-state index in [9.17, 15) is 0 Å². The van der Waals surface area contributed by atoms with Gasteiger partial charge in [-0.3, -0.25) is 4.90 Å². The first-order chi connectivity index (χ1) is 15.1. The number of aliphatic hydroxyl groups excluding tert-OH is 1. The Bertz CT molecular complexity index is 669. The molecule has 0 amide bonds. The molecule has 1 aliphatic heterocycles. The number of benzene rings is 1. The molecule has 1 aliphatic rings. The van der Waals surface area contributed by atoms with Crippen LogP contribution in [0.2, 0.25) is 0 Å². The van der Waals surface area contributed by atoms with Crippen LogP contribution in [-0.2, 0) is 11.3 Å². The minimum absolute atomic E-state index is 0. The maximum atomic E-state index is 8.96. The quantitative estimate of drug-likeness (QED) is 0.204. The summed E-state index contributed by atoms with van der Waals surface area (Å²) in [6, 6.07) is 6.21. The van der Waals surface area contributed by atoms with Gasteiger partial charge in [0.2, 0.25) is 0 Å². The monoisotopic (exact) mass is 564 g/mol. The molecule has 0 saturated carbocycles. The van der Waals surface area contributed by atoms with E-state index in [-0.39, 0.29) is 37.2 Å². The van der Waals surface area contributed by atoms with Crippen LogP contribution in [-0.4, -0.2) is 81.7 Å². The topological polar surface area (TPSA) is 87.6 Å². The SMILES string of the molecule is CCNC(=NCc1ccc(OCCO)c(OC)c1)NCC(CC(C)C)N1CCOCC1.I. The number of guanidine groups is 1. The zero-order chi connectivity index (χ0) is 22.5. The van der Waals surface area contributed by atoms with Crippen molar-refractivity contribution in [2.75, 3.05) is 59.7 Å². The molecule has 0 aromatic heterocycles. The molecule has 1 heterocycles. The molecule has 1 saturated heterocycles. The molecule has 2 rings (SSSR count). The van der Waals surface area contributed by atoms with E-state index in [1.165, 1.54) is 0 Å².